The smallest absolute Gasteiger partial charge is 0.407 e. The Balaban J connectivity index is 2.37. The van der Waals surface area contributed by atoms with Crippen molar-refractivity contribution in [2.45, 2.75) is 32.9 Å². The summed E-state index contributed by atoms with van der Waals surface area (Å²) in [5.74, 6) is 0. The Labute approximate surface area is 100 Å². The van der Waals surface area contributed by atoms with Gasteiger partial charge in [0.1, 0.15) is 5.60 Å². The van der Waals surface area contributed by atoms with Gasteiger partial charge in [0.2, 0.25) is 0 Å². The Morgan fingerprint density at radius 1 is 1.44 bits per heavy atom. The number of alkyl carbamates (subject to hydrolysis) is 1. The van der Waals surface area contributed by atoms with Gasteiger partial charge in [0.25, 0.3) is 0 Å². The van der Waals surface area contributed by atoms with Crippen LogP contribution >= 0.6 is 11.3 Å². The fourth-order valence-corrected chi connectivity index (χ4v) is 1.88. The zero-order valence-electron chi connectivity index (χ0n) is 10.1. The molecule has 1 aromatic heterocycles. The Kier molecular flexibility index (Phi) is 4.18. The molecule has 0 aliphatic heterocycles. The molecular formula is C11H18N2O2S. The highest BCUT2D eigenvalue weighted by Crippen LogP contribution is 2.20. The predicted octanol–water partition coefficient (Wildman–Crippen LogP) is 2.81. The minimum absolute atomic E-state index is 0.382. The standard InChI is InChI=1S/C11H18N2O2S/c1-11(2,3)15-10(14)13-7-8-5-6-9(12-4)16-8/h5-6,12H,7H2,1-4H3,(H,13,14). The van der Waals surface area contributed by atoms with Crippen LogP contribution in [0.1, 0.15) is 25.6 Å². The minimum Gasteiger partial charge on any atom is -0.444 e. The topological polar surface area (TPSA) is 50.4 Å². The maximum atomic E-state index is 11.4. The van der Waals surface area contributed by atoms with Crippen LogP contribution in [0, 0.1) is 0 Å². The molecule has 1 heterocycles. The van der Waals surface area contributed by atoms with Crippen LogP contribution in [0.2, 0.25) is 0 Å². The molecule has 0 fully saturated rings. The lowest BCUT2D eigenvalue weighted by Gasteiger charge is -2.19. The molecule has 0 unspecified atom stereocenters. The van der Waals surface area contributed by atoms with E-state index in [4.69, 9.17) is 4.74 Å². The molecule has 1 rings (SSSR count). The van der Waals surface area contributed by atoms with Crippen molar-refractivity contribution in [3.63, 3.8) is 0 Å². The lowest BCUT2D eigenvalue weighted by atomic mass is 10.2. The predicted molar refractivity (Wildman–Crippen MR) is 66.9 cm³/mol. The van der Waals surface area contributed by atoms with E-state index >= 15 is 0 Å². The van der Waals surface area contributed by atoms with Gasteiger partial charge in [0, 0.05) is 11.9 Å². The molecule has 0 aromatic carbocycles. The molecule has 0 saturated heterocycles. The van der Waals surface area contributed by atoms with Crippen LogP contribution in [0.15, 0.2) is 12.1 Å². The number of amides is 1. The lowest BCUT2D eigenvalue weighted by molar-refractivity contribution is 0.0524. The highest BCUT2D eigenvalue weighted by Gasteiger charge is 2.15. The fourth-order valence-electron chi connectivity index (χ4n) is 1.08. The summed E-state index contributed by atoms with van der Waals surface area (Å²) in [6.45, 7) is 6.03. The SMILES string of the molecule is CNc1ccc(CNC(=O)OC(C)(C)C)s1. The molecule has 1 amide bonds. The highest BCUT2D eigenvalue weighted by molar-refractivity contribution is 7.16. The largest absolute Gasteiger partial charge is 0.444 e. The Morgan fingerprint density at radius 3 is 2.62 bits per heavy atom. The van der Waals surface area contributed by atoms with Gasteiger partial charge in [-0.2, -0.15) is 0 Å². The first-order valence-corrected chi connectivity index (χ1v) is 5.95. The van der Waals surface area contributed by atoms with Crippen LogP contribution in [0.25, 0.3) is 0 Å². The summed E-state index contributed by atoms with van der Waals surface area (Å²) in [5.41, 5.74) is -0.449. The van der Waals surface area contributed by atoms with Crippen LogP contribution in [-0.4, -0.2) is 18.7 Å². The molecule has 1 aromatic rings. The quantitative estimate of drug-likeness (QED) is 0.857. The molecule has 0 bridgehead atoms. The van der Waals surface area contributed by atoms with E-state index in [-0.39, 0.29) is 6.09 Å². The number of hydrogen-bond donors (Lipinski definition) is 2. The second kappa shape index (κ2) is 5.21. The molecule has 16 heavy (non-hydrogen) atoms. The fraction of sp³-hybridized carbons (Fsp3) is 0.545. The van der Waals surface area contributed by atoms with E-state index in [0.717, 1.165) is 9.88 Å². The van der Waals surface area contributed by atoms with Crippen LogP contribution < -0.4 is 10.6 Å². The first-order chi connectivity index (χ1) is 7.40. The van der Waals surface area contributed by atoms with Gasteiger partial charge in [-0.1, -0.05) is 0 Å². The zero-order valence-corrected chi connectivity index (χ0v) is 10.9. The number of carbonyl (C=O) groups is 1. The van der Waals surface area contributed by atoms with Gasteiger partial charge in [-0.25, -0.2) is 4.79 Å². The zero-order chi connectivity index (χ0) is 12.2. The summed E-state index contributed by atoms with van der Waals surface area (Å²) in [4.78, 5) is 12.5. The molecule has 5 heteroatoms. The Hall–Kier alpha value is -1.23. The molecule has 0 radical (unpaired) electrons. The van der Waals surface area contributed by atoms with Crippen molar-refractivity contribution >= 4 is 22.4 Å². The first-order valence-electron chi connectivity index (χ1n) is 5.14. The summed E-state index contributed by atoms with van der Waals surface area (Å²) >= 11 is 1.61. The highest BCUT2D eigenvalue weighted by atomic mass is 32.1. The molecular weight excluding hydrogens is 224 g/mol. The first kappa shape index (κ1) is 12.8. The van der Waals surface area contributed by atoms with E-state index in [2.05, 4.69) is 10.6 Å². The van der Waals surface area contributed by atoms with E-state index in [9.17, 15) is 4.79 Å². The van der Waals surface area contributed by atoms with Crippen molar-refractivity contribution in [2.75, 3.05) is 12.4 Å². The second-order valence-electron chi connectivity index (χ2n) is 4.37. The summed E-state index contributed by atoms with van der Waals surface area (Å²) in [7, 11) is 1.87. The summed E-state index contributed by atoms with van der Waals surface area (Å²) in [6, 6.07) is 3.96. The van der Waals surface area contributed by atoms with Gasteiger partial charge in [-0.15, -0.1) is 11.3 Å². The molecule has 0 saturated carbocycles. The van der Waals surface area contributed by atoms with E-state index in [1.807, 2.05) is 40.0 Å². The molecule has 0 atom stereocenters. The van der Waals surface area contributed by atoms with Crippen molar-refractivity contribution in [3.8, 4) is 0 Å². The van der Waals surface area contributed by atoms with Crippen LogP contribution in [0.5, 0.6) is 0 Å². The van der Waals surface area contributed by atoms with Gasteiger partial charge in [0.15, 0.2) is 0 Å². The van der Waals surface area contributed by atoms with E-state index in [1.165, 1.54) is 0 Å². The minimum atomic E-state index is -0.449. The van der Waals surface area contributed by atoms with Crippen LogP contribution in [0.3, 0.4) is 0 Å². The monoisotopic (exact) mass is 242 g/mol. The van der Waals surface area contributed by atoms with E-state index < -0.39 is 5.60 Å². The van der Waals surface area contributed by atoms with Gasteiger partial charge >= 0.3 is 6.09 Å². The van der Waals surface area contributed by atoms with E-state index in [1.54, 1.807) is 11.3 Å². The number of nitrogens with one attached hydrogen (secondary N) is 2. The van der Waals surface area contributed by atoms with Gasteiger partial charge in [0.05, 0.1) is 11.5 Å². The number of anilines is 1. The van der Waals surface area contributed by atoms with Crippen molar-refractivity contribution in [2.24, 2.45) is 0 Å². The van der Waals surface area contributed by atoms with E-state index in [0.29, 0.717) is 6.54 Å². The molecule has 90 valence electrons. The third-order valence-electron chi connectivity index (χ3n) is 1.71. The maximum Gasteiger partial charge on any atom is 0.407 e. The summed E-state index contributed by atoms with van der Waals surface area (Å²) < 4.78 is 5.13. The number of carbonyl (C=O) groups excluding carboxylic acids is 1. The van der Waals surface area contributed by atoms with Crippen molar-refractivity contribution in [3.05, 3.63) is 17.0 Å². The molecule has 0 spiro atoms. The number of rotatable bonds is 3. The van der Waals surface area contributed by atoms with Crippen molar-refractivity contribution in [1.82, 2.24) is 5.32 Å². The van der Waals surface area contributed by atoms with Crippen molar-refractivity contribution in [1.29, 1.82) is 0 Å². The van der Waals surface area contributed by atoms with Gasteiger partial charge < -0.3 is 15.4 Å². The number of thiophene rings is 1. The van der Waals surface area contributed by atoms with Crippen molar-refractivity contribution < 1.29 is 9.53 Å². The van der Waals surface area contributed by atoms with Crippen LogP contribution in [0.4, 0.5) is 9.80 Å². The average molecular weight is 242 g/mol. The third kappa shape index (κ3) is 4.53. The van der Waals surface area contributed by atoms with Crippen LogP contribution in [-0.2, 0) is 11.3 Å². The van der Waals surface area contributed by atoms with Gasteiger partial charge in [-0.3, -0.25) is 0 Å². The average Bonchev–Trinajstić information content (AvgIpc) is 2.59. The normalized spacial score (nSPS) is 11.0. The lowest BCUT2D eigenvalue weighted by Crippen LogP contribution is -2.31. The maximum absolute atomic E-state index is 11.4. The number of ether oxygens (including phenoxy) is 1. The second-order valence-corrected chi connectivity index (χ2v) is 5.54. The molecule has 0 aliphatic carbocycles. The third-order valence-corrected chi connectivity index (χ3v) is 2.82. The van der Waals surface area contributed by atoms with Gasteiger partial charge in [-0.05, 0) is 32.9 Å². The Bertz CT molecular complexity index is 355. The Morgan fingerprint density at radius 2 is 2.12 bits per heavy atom. The molecule has 4 nitrogen and oxygen atoms in total. The summed E-state index contributed by atoms with van der Waals surface area (Å²) in [5, 5.41) is 6.85. The number of hydrogen-bond acceptors (Lipinski definition) is 4. The molecule has 2 N–H and O–H groups in total. The summed E-state index contributed by atoms with van der Waals surface area (Å²) in [6.07, 6.45) is -0.382. The molecule has 0 aliphatic rings.